The summed E-state index contributed by atoms with van der Waals surface area (Å²) < 4.78 is 46.8. The highest BCUT2D eigenvalue weighted by molar-refractivity contribution is 6.99. The van der Waals surface area contributed by atoms with Crippen LogP contribution in [-0.4, -0.2) is 60.2 Å². The summed E-state index contributed by atoms with van der Waals surface area (Å²) in [5.41, 5.74) is 1.65. The lowest BCUT2D eigenvalue weighted by molar-refractivity contribution is -0.750. The van der Waals surface area contributed by atoms with Crippen molar-refractivity contribution in [3.8, 4) is 0 Å². The number of nitrogens with zero attached hydrogens (tertiary/aromatic N) is 7. The van der Waals surface area contributed by atoms with Crippen LogP contribution in [0.25, 0.3) is 0 Å². The lowest BCUT2D eigenvalue weighted by atomic mass is 9.93. The molecule has 2 amide bonds. The number of amidine groups is 1. The number of benzene rings is 1. The predicted molar refractivity (Wildman–Crippen MR) is 148 cm³/mol. The molecule has 214 valence electrons. The number of likely N-dealkylation sites (tertiary alicyclic amines) is 1. The summed E-state index contributed by atoms with van der Waals surface area (Å²) in [7, 11) is 0. The lowest BCUT2D eigenvalue weighted by Gasteiger charge is -2.32. The molecule has 0 spiro atoms. The number of carbonyl (C=O) groups excluding carboxylic acids is 2. The van der Waals surface area contributed by atoms with Crippen LogP contribution in [0.3, 0.4) is 0 Å². The van der Waals surface area contributed by atoms with Crippen LogP contribution in [0.4, 0.5) is 19.0 Å². The van der Waals surface area contributed by atoms with E-state index in [-0.39, 0.29) is 27.8 Å². The fraction of sp³-hybridized carbons (Fsp3) is 0.222. The van der Waals surface area contributed by atoms with E-state index in [4.69, 9.17) is 10.8 Å². The zero-order valence-corrected chi connectivity index (χ0v) is 22.6. The number of allylic oxidation sites excluding steroid dienone is 1. The predicted octanol–water partition coefficient (Wildman–Crippen LogP) is 3.97. The number of quaternary nitrogens is 1. The Bertz CT molecular complexity index is 1670. The maximum absolute atomic E-state index is 13.0. The van der Waals surface area contributed by atoms with Gasteiger partial charge in [-0.2, -0.15) is 32.8 Å². The molecule has 1 unspecified atom stereocenters. The molecule has 5 heterocycles. The van der Waals surface area contributed by atoms with Crippen LogP contribution in [-0.2, 0) is 6.18 Å². The molecule has 42 heavy (non-hydrogen) atoms. The minimum absolute atomic E-state index is 0.0918. The summed E-state index contributed by atoms with van der Waals surface area (Å²) in [6.07, 6.45) is 4.42. The topological polar surface area (TPSA) is 139 Å². The van der Waals surface area contributed by atoms with E-state index >= 15 is 0 Å². The number of hydrogen-bond donors (Lipinski definition) is 2. The van der Waals surface area contributed by atoms with Gasteiger partial charge in [-0.1, -0.05) is 0 Å². The van der Waals surface area contributed by atoms with Gasteiger partial charge in [-0.25, -0.2) is 4.98 Å². The lowest BCUT2D eigenvalue weighted by Crippen LogP contribution is -2.53. The van der Waals surface area contributed by atoms with Crippen molar-refractivity contribution in [2.75, 3.05) is 18.4 Å². The molecule has 3 aromatic rings. The highest BCUT2D eigenvalue weighted by Crippen LogP contribution is 2.37. The Hall–Kier alpha value is -4.60. The third-order valence-electron chi connectivity index (χ3n) is 7.23. The molecule has 1 aromatic carbocycles. The number of pyridine rings is 1. The van der Waals surface area contributed by atoms with E-state index in [1.807, 2.05) is 0 Å². The number of alkyl halides is 3. The van der Waals surface area contributed by atoms with E-state index < -0.39 is 17.6 Å². The fourth-order valence-electron chi connectivity index (χ4n) is 5.15. The summed E-state index contributed by atoms with van der Waals surface area (Å²) in [6, 6.07) is 8.02. The van der Waals surface area contributed by atoms with Crippen molar-refractivity contribution >= 4 is 41.4 Å². The van der Waals surface area contributed by atoms with E-state index in [1.165, 1.54) is 18.3 Å². The second-order valence-electron chi connectivity index (χ2n) is 9.90. The van der Waals surface area contributed by atoms with Gasteiger partial charge in [0.15, 0.2) is 5.69 Å². The number of aliphatic imine (C=N–C) groups is 2. The molecule has 6 rings (SSSR count). The standard InChI is InChI=1S/C27H22F3N9O2S/c28-27(29,30)19-7-8-33-22(12-19)35-25(40)17-5-3-16(4-6-17)24-36-23(21-14-32-9-11-39(21,24)31)18-2-1-10-38(15-18)26(41)20-13-34-42-37-20/h3-9,11-14,18H,1-2,10,15,31H2/p+1/t18-,39?/m1/s1. The van der Waals surface area contributed by atoms with Crippen LogP contribution >= 0.6 is 11.7 Å². The smallest absolute Gasteiger partial charge is 0.337 e. The molecule has 0 aliphatic carbocycles. The number of hydrogen-bond acceptors (Lipinski definition) is 9. The first kappa shape index (κ1) is 27.6. The largest absolute Gasteiger partial charge is 0.416 e. The minimum atomic E-state index is -4.56. The first-order valence-corrected chi connectivity index (χ1v) is 13.6. The number of amides is 2. The second kappa shape index (κ2) is 10.7. The molecule has 3 aliphatic rings. The fourth-order valence-corrected chi connectivity index (χ4v) is 5.55. The molecule has 15 heteroatoms. The van der Waals surface area contributed by atoms with Gasteiger partial charge >= 0.3 is 6.18 Å². The van der Waals surface area contributed by atoms with Crippen LogP contribution in [0, 0.1) is 5.92 Å². The van der Waals surface area contributed by atoms with Gasteiger partial charge in [-0.05, 0) is 49.2 Å². The highest BCUT2D eigenvalue weighted by atomic mass is 32.1. The summed E-state index contributed by atoms with van der Waals surface area (Å²) in [5.74, 6) is 6.25. The number of nitrogens with one attached hydrogen (secondary N) is 1. The summed E-state index contributed by atoms with van der Waals surface area (Å²) in [6.45, 7) is 1.04. The maximum Gasteiger partial charge on any atom is 0.416 e. The highest BCUT2D eigenvalue weighted by Gasteiger charge is 2.46. The van der Waals surface area contributed by atoms with Crippen LogP contribution in [0.15, 0.2) is 82.6 Å². The molecule has 3 aliphatic heterocycles. The molecular formula is C27H23F3N9O2S+. The van der Waals surface area contributed by atoms with Crippen molar-refractivity contribution in [1.82, 2.24) is 18.6 Å². The number of rotatable bonds is 5. The molecule has 0 radical (unpaired) electrons. The van der Waals surface area contributed by atoms with Gasteiger partial charge in [-0.15, -0.1) is 4.59 Å². The Kier molecular flexibility index (Phi) is 7.00. The molecule has 1 fully saturated rings. The zero-order valence-electron chi connectivity index (χ0n) is 21.8. The van der Waals surface area contributed by atoms with Crippen molar-refractivity contribution in [3.05, 3.63) is 95.0 Å². The van der Waals surface area contributed by atoms with Gasteiger partial charge in [-0.3, -0.25) is 14.6 Å². The van der Waals surface area contributed by atoms with Crippen molar-refractivity contribution in [2.24, 2.45) is 21.7 Å². The van der Waals surface area contributed by atoms with Gasteiger partial charge in [0, 0.05) is 30.8 Å². The number of nitrogens with two attached hydrogens (primary N) is 1. The van der Waals surface area contributed by atoms with Crippen LogP contribution in [0.2, 0.25) is 0 Å². The number of aromatic nitrogens is 3. The maximum atomic E-state index is 13.0. The summed E-state index contributed by atoms with van der Waals surface area (Å²) in [5, 5.41) is 2.40. The van der Waals surface area contributed by atoms with E-state index in [9.17, 15) is 22.8 Å². The van der Waals surface area contributed by atoms with Crippen LogP contribution < -0.4 is 11.2 Å². The third-order valence-corrected chi connectivity index (χ3v) is 7.71. The SMILES string of the molecule is N[N+]12C=CN=CC1=C([C@@H]1CCCN(C(=O)c3cnsn3)C1)N=C2c1ccc(C(=O)Nc2cc(C(F)(F)F)ccn2)cc1. The minimum Gasteiger partial charge on any atom is -0.337 e. The van der Waals surface area contributed by atoms with Crippen molar-refractivity contribution in [2.45, 2.75) is 19.0 Å². The van der Waals surface area contributed by atoms with Crippen molar-refractivity contribution < 1.29 is 27.4 Å². The normalized spacial score (nSPS) is 21.8. The second-order valence-corrected chi connectivity index (χ2v) is 10.5. The van der Waals surface area contributed by atoms with Crippen LogP contribution in [0.1, 0.15) is 44.8 Å². The Morgan fingerprint density at radius 3 is 2.71 bits per heavy atom. The van der Waals surface area contributed by atoms with Gasteiger partial charge in [0.2, 0.25) is 5.70 Å². The monoisotopic (exact) mass is 594 g/mol. The number of fused-ring (bicyclic) bond motifs is 1. The average molecular weight is 595 g/mol. The quantitative estimate of drug-likeness (QED) is 0.339. The molecule has 1 saturated heterocycles. The molecule has 11 nitrogen and oxygen atoms in total. The van der Waals surface area contributed by atoms with Crippen molar-refractivity contribution in [3.63, 3.8) is 0 Å². The molecular weight excluding hydrogens is 571 g/mol. The third kappa shape index (κ3) is 5.13. The zero-order chi connectivity index (χ0) is 29.5. The van der Waals surface area contributed by atoms with E-state index in [2.05, 4.69) is 24.0 Å². The summed E-state index contributed by atoms with van der Waals surface area (Å²) >= 11 is 0.983. The Morgan fingerprint density at radius 2 is 1.98 bits per heavy atom. The molecule has 2 aromatic heterocycles. The molecule has 0 saturated carbocycles. The first-order valence-electron chi connectivity index (χ1n) is 12.9. The van der Waals surface area contributed by atoms with Crippen molar-refractivity contribution in [1.29, 1.82) is 0 Å². The Morgan fingerprint density at radius 1 is 1.17 bits per heavy atom. The average Bonchev–Trinajstić information content (AvgIpc) is 3.63. The first-order chi connectivity index (χ1) is 20.1. The van der Waals surface area contributed by atoms with E-state index in [1.54, 1.807) is 35.6 Å². The van der Waals surface area contributed by atoms with Gasteiger partial charge in [0.05, 0.1) is 41.5 Å². The Labute approximate surface area is 241 Å². The van der Waals surface area contributed by atoms with E-state index in [0.29, 0.717) is 35.9 Å². The number of anilines is 1. The van der Waals surface area contributed by atoms with Gasteiger partial charge in [0.25, 0.3) is 17.6 Å². The number of carbonyl (C=O) groups is 2. The van der Waals surface area contributed by atoms with Crippen LogP contribution in [0.5, 0.6) is 0 Å². The molecule has 3 N–H and O–H groups in total. The summed E-state index contributed by atoms with van der Waals surface area (Å²) in [4.78, 5) is 40.5. The van der Waals surface area contributed by atoms with Gasteiger partial charge < -0.3 is 10.2 Å². The molecule has 0 bridgehead atoms. The molecule has 2 atom stereocenters. The Balaban J connectivity index is 1.23. The number of piperidine rings is 1. The van der Waals surface area contributed by atoms with Gasteiger partial charge in [0.1, 0.15) is 17.7 Å². The van der Waals surface area contributed by atoms with E-state index in [0.717, 1.165) is 48.6 Å². The number of halogens is 3.